The summed E-state index contributed by atoms with van der Waals surface area (Å²) in [5.41, 5.74) is -0.331. The Morgan fingerprint density at radius 2 is 2.14 bits per heavy atom. The van der Waals surface area contributed by atoms with Crippen molar-refractivity contribution in [3.63, 3.8) is 0 Å². The molecule has 112 valence electrons. The fraction of sp³-hybridized carbons (Fsp3) is 0.167. The number of hydrogen-bond donors (Lipinski definition) is 2. The smallest absolute Gasteiger partial charge is 0.337 e. The monoisotopic (exact) mass is 313 g/mol. The number of hydrogen-bond acceptors (Lipinski definition) is 5. The largest absolute Gasteiger partial charge is 0.465 e. The molecule has 0 aliphatic heterocycles. The van der Waals surface area contributed by atoms with Crippen molar-refractivity contribution >= 4 is 21.7 Å². The Labute approximate surface area is 120 Å². The summed E-state index contributed by atoms with van der Waals surface area (Å²) < 4.78 is 44.3. The number of carbonyl (C=O) groups excluding carboxylic acids is 1. The van der Waals surface area contributed by atoms with Crippen LogP contribution in [0.25, 0.3) is 0 Å². The van der Waals surface area contributed by atoms with E-state index in [-0.39, 0.29) is 16.3 Å². The van der Waals surface area contributed by atoms with Crippen LogP contribution in [0.1, 0.15) is 16.2 Å². The molecule has 21 heavy (non-hydrogen) atoms. The molecule has 0 fully saturated rings. The molecule has 7 nitrogen and oxygen atoms in total. The van der Waals surface area contributed by atoms with Crippen molar-refractivity contribution in [2.45, 2.75) is 11.9 Å². The molecular formula is C12H12FN3O4S. The molecule has 1 heterocycles. The summed E-state index contributed by atoms with van der Waals surface area (Å²) in [6.45, 7) is 1.58. The number of anilines is 1. The van der Waals surface area contributed by atoms with E-state index in [1.54, 1.807) is 6.92 Å². The van der Waals surface area contributed by atoms with Gasteiger partial charge in [-0.15, -0.1) is 0 Å². The molecule has 0 saturated heterocycles. The number of rotatable bonds is 4. The van der Waals surface area contributed by atoms with E-state index in [0.29, 0.717) is 5.82 Å². The summed E-state index contributed by atoms with van der Waals surface area (Å²) in [4.78, 5) is 17.7. The third-order valence-corrected chi connectivity index (χ3v) is 3.88. The number of aromatic amines is 1. The zero-order chi connectivity index (χ0) is 15.6. The standard InChI is InChI=1S/C12H12FN3O4S/c1-7-14-6-11(15-7)21(18,19)16-10-5-8(12(17)20-2)3-4-9(10)13/h3-6,16H,1-2H3,(H,14,15). The van der Waals surface area contributed by atoms with Gasteiger partial charge in [-0.1, -0.05) is 0 Å². The van der Waals surface area contributed by atoms with Crippen molar-refractivity contribution in [3.05, 3.63) is 41.6 Å². The van der Waals surface area contributed by atoms with Gasteiger partial charge < -0.3 is 9.72 Å². The van der Waals surface area contributed by atoms with Crippen molar-refractivity contribution < 1.29 is 22.3 Å². The third-order valence-electron chi connectivity index (χ3n) is 2.60. The fourth-order valence-corrected chi connectivity index (χ4v) is 2.61. The summed E-state index contributed by atoms with van der Waals surface area (Å²) in [5, 5.41) is -0.206. The number of ether oxygens (including phenoxy) is 1. The van der Waals surface area contributed by atoms with E-state index in [1.807, 2.05) is 0 Å². The zero-order valence-electron chi connectivity index (χ0n) is 11.2. The van der Waals surface area contributed by atoms with Gasteiger partial charge in [0.05, 0.1) is 24.6 Å². The first kappa shape index (κ1) is 15.0. The van der Waals surface area contributed by atoms with Gasteiger partial charge >= 0.3 is 5.97 Å². The van der Waals surface area contributed by atoms with Crippen LogP contribution in [0.15, 0.2) is 29.4 Å². The Balaban J connectivity index is 2.37. The predicted octanol–water partition coefficient (Wildman–Crippen LogP) is 1.44. The first-order valence-electron chi connectivity index (χ1n) is 5.76. The van der Waals surface area contributed by atoms with Crippen molar-refractivity contribution in [2.75, 3.05) is 11.8 Å². The van der Waals surface area contributed by atoms with Crippen LogP contribution >= 0.6 is 0 Å². The number of methoxy groups -OCH3 is 1. The molecule has 1 aromatic heterocycles. The molecule has 2 rings (SSSR count). The minimum Gasteiger partial charge on any atom is -0.465 e. The molecule has 0 aliphatic carbocycles. The minimum absolute atomic E-state index is 0.0254. The molecule has 1 aromatic carbocycles. The highest BCUT2D eigenvalue weighted by Gasteiger charge is 2.19. The SMILES string of the molecule is COC(=O)c1ccc(F)c(NS(=O)(=O)c2cnc(C)[nH]2)c1. The molecule has 0 unspecified atom stereocenters. The zero-order valence-corrected chi connectivity index (χ0v) is 12.0. The van der Waals surface area contributed by atoms with Gasteiger partial charge in [-0.25, -0.2) is 14.2 Å². The van der Waals surface area contributed by atoms with Gasteiger partial charge in [-0.05, 0) is 25.1 Å². The molecular weight excluding hydrogens is 301 g/mol. The van der Waals surface area contributed by atoms with E-state index in [2.05, 4.69) is 19.4 Å². The number of imidazole rings is 1. The van der Waals surface area contributed by atoms with Crippen LogP contribution in [0, 0.1) is 12.7 Å². The van der Waals surface area contributed by atoms with E-state index < -0.39 is 21.8 Å². The van der Waals surface area contributed by atoms with E-state index in [4.69, 9.17) is 0 Å². The Morgan fingerprint density at radius 1 is 1.43 bits per heavy atom. The lowest BCUT2D eigenvalue weighted by Gasteiger charge is -2.08. The van der Waals surface area contributed by atoms with Gasteiger partial charge in [0.1, 0.15) is 11.6 Å². The van der Waals surface area contributed by atoms with Crippen molar-refractivity contribution in [3.8, 4) is 0 Å². The van der Waals surface area contributed by atoms with Crippen LogP contribution in [0.5, 0.6) is 0 Å². The first-order chi connectivity index (χ1) is 9.83. The Kier molecular flexibility index (Phi) is 3.94. The number of aromatic nitrogens is 2. The van der Waals surface area contributed by atoms with Gasteiger partial charge in [0.15, 0.2) is 5.03 Å². The summed E-state index contributed by atoms with van der Waals surface area (Å²) >= 11 is 0. The number of aryl methyl sites for hydroxylation is 1. The lowest BCUT2D eigenvalue weighted by atomic mass is 10.2. The quantitative estimate of drug-likeness (QED) is 0.832. The molecule has 2 N–H and O–H groups in total. The van der Waals surface area contributed by atoms with Crippen LogP contribution in [0.4, 0.5) is 10.1 Å². The van der Waals surface area contributed by atoms with Crippen LogP contribution in [-0.4, -0.2) is 31.5 Å². The molecule has 0 radical (unpaired) electrons. The highest BCUT2D eigenvalue weighted by atomic mass is 32.2. The molecule has 0 amide bonds. The predicted molar refractivity (Wildman–Crippen MR) is 71.9 cm³/mol. The van der Waals surface area contributed by atoms with Crippen LogP contribution in [0.3, 0.4) is 0 Å². The number of halogens is 1. The summed E-state index contributed by atoms with van der Waals surface area (Å²) in [6.07, 6.45) is 1.11. The Bertz CT molecular complexity index is 786. The van der Waals surface area contributed by atoms with E-state index in [0.717, 1.165) is 18.3 Å². The summed E-state index contributed by atoms with van der Waals surface area (Å²) in [5.74, 6) is -1.12. The second-order valence-corrected chi connectivity index (χ2v) is 5.78. The minimum atomic E-state index is -4.02. The Morgan fingerprint density at radius 3 is 2.71 bits per heavy atom. The second-order valence-electron chi connectivity index (χ2n) is 4.12. The molecule has 0 bridgehead atoms. The van der Waals surface area contributed by atoms with Crippen LogP contribution in [0.2, 0.25) is 0 Å². The van der Waals surface area contributed by atoms with Gasteiger partial charge in [-0.2, -0.15) is 8.42 Å². The molecule has 2 aromatic rings. The maximum atomic E-state index is 13.7. The fourth-order valence-electron chi connectivity index (χ4n) is 1.58. The average Bonchev–Trinajstić information content (AvgIpc) is 2.87. The normalized spacial score (nSPS) is 11.2. The van der Waals surface area contributed by atoms with Crippen molar-refractivity contribution in [1.29, 1.82) is 0 Å². The number of H-pyrrole nitrogens is 1. The number of nitrogens with one attached hydrogen (secondary N) is 2. The topological polar surface area (TPSA) is 101 Å². The van der Waals surface area contributed by atoms with E-state index >= 15 is 0 Å². The molecule has 0 aliphatic rings. The molecule has 0 spiro atoms. The molecule has 0 atom stereocenters. The van der Waals surface area contributed by atoms with Gasteiger partial charge in [-0.3, -0.25) is 4.72 Å². The number of benzene rings is 1. The number of esters is 1. The third kappa shape index (κ3) is 3.19. The number of nitrogens with zero attached hydrogens (tertiary/aromatic N) is 1. The highest BCUT2D eigenvalue weighted by Crippen LogP contribution is 2.20. The van der Waals surface area contributed by atoms with Gasteiger partial charge in [0, 0.05) is 0 Å². The van der Waals surface area contributed by atoms with Crippen molar-refractivity contribution in [2.24, 2.45) is 0 Å². The number of carbonyl (C=O) groups is 1. The highest BCUT2D eigenvalue weighted by molar-refractivity contribution is 7.92. The van der Waals surface area contributed by atoms with Crippen molar-refractivity contribution in [1.82, 2.24) is 9.97 Å². The van der Waals surface area contributed by atoms with E-state index in [1.165, 1.54) is 13.2 Å². The van der Waals surface area contributed by atoms with E-state index in [9.17, 15) is 17.6 Å². The van der Waals surface area contributed by atoms with Gasteiger partial charge in [0.25, 0.3) is 10.0 Å². The molecule has 9 heteroatoms. The molecule has 0 saturated carbocycles. The lowest BCUT2D eigenvalue weighted by molar-refractivity contribution is 0.0600. The van der Waals surface area contributed by atoms with Crippen LogP contribution in [-0.2, 0) is 14.8 Å². The first-order valence-corrected chi connectivity index (χ1v) is 7.24. The maximum Gasteiger partial charge on any atom is 0.337 e. The van der Waals surface area contributed by atoms with Gasteiger partial charge in [0.2, 0.25) is 0 Å². The summed E-state index contributed by atoms with van der Waals surface area (Å²) in [6, 6.07) is 3.23. The Hall–Kier alpha value is -2.42. The number of sulfonamides is 1. The average molecular weight is 313 g/mol. The maximum absolute atomic E-state index is 13.7. The van der Waals surface area contributed by atoms with Crippen LogP contribution < -0.4 is 4.72 Å². The summed E-state index contributed by atoms with van der Waals surface area (Å²) in [7, 11) is -2.85. The second kappa shape index (κ2) is 5.52. The lowest BCUT2D eigenvalue weighted by Crippen LogP contribution is -2.15.